The number of benzene rings is 1. The van der Waals surface area contributed by atoms with Gasteiger partial charge in [0.1, 0.15) is 17.4 Å². The van der Waals surface area contributed by atoms with Crippen molar-refractivity contribution in [3.63, 3.8) is 0 Å². The largest absolute Gasteiger partial charge is 0.458 e. The number of halogens is 1. The third-order valence-corrected chi connectivity index (χ3v) is 2.99. The summed E-state index contributed by atoms with van der Waals surface area (Å²) in [6.45, 7) is 4.05. The van der Waals surface area contributed by atoms with Gasteiger partial charge in [0.15, 0.2) is 0 Å². The molecule has 1 aromatic carbocycles. The molecule has 1 aromatic heterocycles. The summed E-state index contributed by atoms with van der Waals surface area (Å²) in [5.41, 5.74) is 3.14. The number of fused-ring (bicyclic) bond motifs is 1. The highest BCUT2D eigenvalue weighted by molar-refractivity contribution is 6.18. The van der Waals surface area contributed by atoms with Crippen LogP contribution >= 0.6 is 11.6 Å². The van der Waals surface area contributed by atoms with Crippen molar-refractivity contribution < 1.29 is 9.52 Å². The third-order valence-electron chi connectivity index (χ3n) is 2.70. The average Bonchev–Trinajstić information content (AvgIpc) is 2.67. The summed E-state index contributed by atoms with van der Waals surface area (Å²) < 4.78 is 5.60. The quantitative estimate of drug-likeness (QED) is 0.794. The number of aliphatic hydroxyl groups is 1. The fourth-order valence-corrected chi connectivity index (χ4v) is 1.75. The molecule has 1 N–H and O–H groups in total. The summed E-state index contributed by atoms with van der Waals surface area (Å²) in [7, 11) is 0. The van der Waals surface area contributed by atoms with E-state index in [0.29, 0.717) is 5.76 Å². The third kappa shape index (κ3) is 1.75. The van der Waals surface area contributed by atoms with Crippen molar-refractivity contribution in [3.8, 4) is 0 Å². The van der Waals surface area contributed by atoms with Crippen molar-refractivity contribution in [2.75, 3.05) is 5.88 Å². The van der Waals surface area contributed by atoms with Crippen molar-refractivity contribution in [2.45, 2.75) is 20.0 Å². The summed E-state index contributed by atoms with van der Waals surface area (Å²) in [4.78, 5) is 0. The van der Waals surface area contributed by atoms with Crippen LogP contribution in [0.5, 0.6) is 0 Å². The molecule has 0 radical (unpaired) electrons. The highest BCUT2D eigenvalue weighted by Crippen LogP contribution is 2.28. The van der Waals surface area contributed by atoms with Crippen LogP contribution < -0.4 is 0 Å². The van der Waals surface area contributed by atoms with Gasteiger partial charge in [-0.25, -0.2) is 0 Å². The number of aryl methyl sites for hydroxylation is 2. The lowest BCUT2D eigenvalue weighted by molar-refractivity contribution is 0.175. The zero-order valence-corrected chi connectivity index (χ0v) is 9.51. The van der Waals surface area contributed by atoms with Crippen LogP contribution in [0.4, 0.5) is 0 Å². The summed E-state index contributed by atoms with van der Waals surface area (Å²) in [5, 5.41) is 10.6. The molecule has 0 saturated heterocycles. The molecule has 2 aromatic rings. The highest BCUT2D eigenvalue weighted by Gasteiger charge is 2.13. The van der Waals surface area contributed by atoms with Crippen molar-refractivity contribution in [1.29, 1.82) is 0 Å². The van der Waals surface area contributed by atoms with Crippen LogP contribution in [0, 0.1) is 13.8 Å². The van der Waals surface area contributed by atoms with E-state index in [0.717, 1.165) is 16.5 Å². The molecule has 0 aliphatic heterocycles. The van der Waals surface area contributed by atoms with E-state index in [4.69, 9.17) is 16.0 Å². The van der Waals surface area contributed by atoms with Crippen molar-refractivity contribution in [2.24, 2.45) is 0 Å². The molecule has 2 rings (SSSR count). The Morgan fingerprint density at radius 2 is 2.13 bits per heavy atom. The molecule has 80 valence electrons. The molecule has 1 heterocycles. The predicted octanol–water partition coefficient (Wildman–Crippen LogP) is 3.32. The van der Waals surface area contributed by atoms with E-state index in [-0.39, 0.29) is 5.88 Å². The van der Waals surface area contributed by atoms with Crippen LogP contribution in [-0.2, 0) is 0 Å². The van der Waals surface area contributed by atoms with Crippen LogP contribution in [-0.4, -0.2) is 11.0 Å². The Kier molecular flexibility index (Phi) is 2.72. The van der Waals surface area contributed by atoms with Gasteiger partial charge in [0.2, 0.25) is 0 Å². The van der Waals surface area contributed by atoms with E-state index < -0.39 is 6.10 Å². The lowest BCUT2D eigenvalue weighted by Crippen LogP contribution is -1.95. The molecule has 0 aliphatic rings. The number of aliphatic hydroxyl groups excluding tert-OH is 1. The van der Waals surface area contributed by atoms with Gasteiger partial charge < -0.3 is 9.52 Å². The van der Waals surface area contributed by atoms with Gasteiger partial charge in [-0.2, -0.15) is 0 Å². The second-order valence-electron chi connectivity index (χ2n) is 3.74. The van der Waals surface area contributed by atoms with Gasteiger partial charge >= 0.3 is 0 Å². The zero-order valence-electron chi connectivity index (χ0n) is 8.75. The lowest BCUT2D eigenvalue weighted by Gasteiger charge is -2.01. The summed E-state index contributed by atoms with van der Waals surface area (Å²) in [5.74, 6) is 0.686. The topological polar surface area (TPSA) is 33.4 Å². The Morgan fingerprint density at radius 1 is 1.40 bits per heavy atom. The second-order valence-corrected chi connectivity index (χ2v) is 4.05. The van der Waals surface area contributed by atoms with Crippen LogP contribution in [0.1, 0.15) is 23.0 Å². The fraction of sp³-hybridized carbons (Fsp3) is 0.333. The standard InChI is InChI=1S/C12H13ClO2/c1-7-3-4-9-5-11(10(14)6-13)15-12(9)8(7)2/h3-5,10,14H,6H2,1-2H3. The molecule has 0 amide bonds. The Balaban J connectivity index is 2.61. The van der Waals surface area contributed by atoms with Crippen LogP contribution in [0.25, 0.3) is 11.0 Å². The minimum Gasteiger partial charge on any atom is -0.458 e. The lowest BCUT2D eigenvalue weighted by atomic mass is 10.1. The molecule has 2 nitrogen and oxygen atoms in total. The number of rotatable bonds is 2. The SMILES string of the molecule is Cc1ccc2cc(C(O)CCl)oc2c1C. The van der Waals surface area contributed by atoms with E-state index in [1.54, 1.807) is 0 Å². The first-order valence-electron chi connectivity index (χ1n) is 4.87. The molecule has 0 fully saturated rings. The minimum atomic E-state index is -0.723. The molecule has 3 heteroatoms. The molecule has 0 spiro atoms. The van der Waals surface area contributed by atoms with Crippen molar-refractivity contribution >= 4 is 22.6 Å². The van der Waals surface area contributed by atoms with E-state index in [9.17, 15) is 5.11 Å². The summed E-state index contributed by atoms with van der Waals surface area (Å²) >= 11 is 5.58. The summed E-state index contributed by atoms with van der Waals surface area (Å²) in [6.07, 6.45) is -0.723. The molecule has 0 bridgehead atoms. The number of hydrogen-bond donors (Lipinski definition) is 1. The number of alkyl halides is 1. The average molecular weight is 225 g/mol. The normalized spacial score (nSPS) is 13.3. The van der Waals surface area contributed by atoms with Crippen LogP contribution in [0.3, 0.4) is 0 Å². The smallest absolute Gasteiger partial charge is 0.137 e. The molecule has 1 atom stereocenters. The van der Waals surface area contributed by atoms with E-state index >= 15 is 0 Å². The monoisotopic (exact) mass is 224 g/mol. The Morgan fingerprint density at radius 3 is 2.80 bits per heavy atom. The zero-order chi connectivity index (χ0) is 11.0. The molecule has 0 aliphatic carbocycles. The van der Waals surface area contributed by atoms with Crippen LogP contribution in [0.15, 0.2) is 22.6 Å². The Hall–Kier alpha value is -0.990. The second kappa shape index (κ2) is 3.87. The first-order valence-corrected chi connectivity index (χ1v) is 5.40. The van der Waals surface area contributed by atoms with Gasteiger partial charge in [0, 0.05) is 5.39 Å². The van der Waals surface area contributed by atoms with Gasteiger partial charge in [-0.1, -0.05) is 12.1 Å². The van der Waals surface area contributed by atoms with E-state index in [1.165, 1.54) is 5.56 Å². The maximum atomic E-state index is 9.56. The molecular formula is C12H13ClO2. The molecule has 0 saturated carbocycles. The maximum absolute atomic E-state index is 9.56. The Bertz CT molecular complexity index is 488. The molecule has 1 unspecified atom stereocenters. The van der Waals surface area contributed by atoms with Crippen molar-refractivity contribution in [3.05, 3.63) is 35.1 Å². The van der Waals surface area contributed by atoms with Gasteiger partial charge in [-0.05, 0) is 31.0 Å². The molecular weight excluding hydrogens is 212 g/mol. The van der Waals surface area contributed by atoms with E-state index in [2.05, 4.69) is 0 Å². The summed E-state index contributed by atoms with van der Waals surface area (Å²) in [6, 6.07) is 5.88. The van der Waals surface area contributed by atoms with Crippen LogP contribution in [0.2, 0.25) is 0 Å². The van der Waals surface area contributed by atoms with Gasteiger partial charge in [-0.15, -0.1) is 11.6 Å². The van der Waals surface area contributed by atoms with Crippen molar-refractivity contribution in [1.82, 2.24) is 0 Å². The number of furan rings is 1. The maximum Gasteiger partial charge on any atom is 0.137 e. The van der Waals surface area contributed by atoms with Gasteiger partial charge in [-0.3, -0.25) is 0 Å². The predicted molar refractivity (Wildman–Crippen MR) is 61.4 cm³/mol. The molecule has 15 heavy (non-hydrogen) atoms. The van der Waals surface area contributed by atoms with Gasteiger partial charge in [0.25, 0.3) is 0 Å². The van der Waals surface area contributed by atoms with E-state index in [1.807, 2.05) is 32.0 Å². The Labute approximate surface area is 93.5 Å². The number of hydrogen-bond acceptors (Lipinski definition) is 2. The highest BCUT2D eigenvalue weighted by atomic mass is 35.5. The van der Waals surface area contributed by atoms with Gasteiger partial charge in [0.05, 0.1) is 5.88 Å². The first-order chi connectivity index (χ1) is 7.13. The minimum absolute atomic E-state index is 0.151. The fourth-order valence-electron chi connectivity index (χ4n) is 1.60. The first kappa shape index (κ1) is 10.5.